The summed E-state index contributed by atoms with van der Waals surface area (Å²) in [5.41, 5.74) is 6.51. The molecule has 6 nitrogen and oxygen atoms in total. The van der Waals surface area contributed by atoms with Crippen molar-refractivity contribution >= 4 is 38.6 Å². The van der Waals surface area contributed by atoms with Gasteiger partial charge in [0, 0.05) is 5.33 Å². The Labute approximate surface area is 128 Å². The minimum atomic E-state index is -1.27. The molecule has 0 aromatic carbocycles. The summed E-state index contributed by atoms with van der Waals surface area (Å²) in [6.07, 6.45) is 1.68. The lowest BCUT2D eigenvalue weighted by Crippen LogP contribution is -2.72. The highest BCUT2D eigenvalue weighted by Gasteiger charge is 2.54. The summed E-state index contributed by atoms with van der Waals surface area (Å²) in [4.78, 5) is 25.3. The van der Waals surface area contributed by atoms with Crippen LogP contribution in [-0.2, 0) is 25.1 Å². The number of nitrogens with zero attached hydrogens (tertiary/aromatic N) is 1. The SMILES string of the molecule is CCCCOC(=O)C1=C(CBr)CS(=O)[C@@H]2[C@H](N)C(=O)N12. The van der Waals surface area contributed by atoms with E-state index in [-0.39, 0.29) is 17.4 Å². The Bertz CT molecular complexity index is 494. The topological polar surface area (TPSA) is 89.7 Å². The molecule has 1 fully saturated rings. The van der Waals surface area contributed by atoms with E-state index in [0.717, 1.165) is 12.8 Å². The fourth-order valence-corrected chi connectivity index (χ4v) is 4.59. The number of amides is 1. The minimum absolute atomic E-state index is 0.217. The van der Waals surface area contributed by atoms with Gasteiger partial charge in [0.15, 0.2) is 0 Å². The first kappa shape index (κ1) is 15.7. The Morgan fingerprint density at radius 1 is 1.60 bits per heavy atom. The van der Waals surface area contributed by atoms with Gasteiger partial charge in [0.25, 0.3) is 0 Å². The number of carbonyl (C=O) groups excluding carboxylic acids is 2. The highest BCUT2D eigenvalue weighted by molar-refractivity contribution is 9.09. The lowest BCUT2D eigenvalue weighted by atomic mass is 10.0. The van der Waals surface area contributed by atoms with Gasteiger partial charge in [-0.2, -0.15) is 0 Å². The van der Waals surface area contributed by atoms with Gasteiger partial charge >= 0.3 is 5.97 Å². The monoisotopic (exact) mass is 364 g/mol. The second-order valence-electron chi connectivity index (χ2n) is 4.72. The third-order valence-electron chi connectivity index (χ3n) is 3.33. The molecule has 0 aromatic rings. The lowest BCUT2D eigenvalue weighted by molar-refractivity contribution is -0.151. The zero-order chi connectivity index (χ0) is 14.9. The minimum Gasteiger partial charge on any atom is -0.461 e. The van der Waals surface area contributed by atoms with Gasteiger partial charge in [-0.1, -0.05) is 29.3 Å². The summed E-state index contributed by atoms with van der Waals surface area (Å²) < 4.78 is 17.2. The number of hydrogen-bond acceptors (Lipinski definition) is 5. The molecule has 20 heavy (non-hydrogen) atoms. The molecule has 1 saturated heterocycles. The summed E-state index contributed by atoms with van der Waals surface area (Å²) in [5.74, 6) is -0.662. The zero-order valence-corrected chi connectivity index (χ0v) is 13.5. The maximum absolute atomic E-state index is 12.2. The zero-order valence-electron chi connectivity index (χ0n) is 11.1. The molecular formula is C12H17BrN2O4S. The van der Waals surface area contributed by atoms with E-state index in [1.54, 1.807) is 0 Å². The quantitative estimate of drug-likeness (QED) is 0.326. The van der Waals surface area contributed by atoms with Gasteiger partial charge in [-0.3, -0.25) is 13.9 Å². The smallest absolute Gasteiger partial charge is 0.355 e. The number of rotatable bonds is 5. The van der Waals surface area contributed by atoms with Crippen LogP contribution < -0.4 is 5.73 Å². The second kappa shape index (κ2) is 6.36. The molecule has 0 aliphatic carbocycles. The number of carbonyl (C=O) groups is 2. The van der Waals surface area contributed by atoms with Crippen molar-refractivity contribution in [1.82, 2.24) is 4.90 Å². The molecule has 2 rings (SSSR count). The van der Waals surface area contributed by atoms with E-state index in [2.05, 4.69) is 15.9 Å². The van der Waals surface area contributed by atoms with Crippen molar-refractivity contribution in [1.29, 1.82) is 0 Å². The highest BCUT2D eigenvalue weighted by atomic mass is 79.9. The third-order valence-corrected chi connectivity index (χ3v) is 5.68. The molecule has 0 bridgehead atoms. The van der Waals surface area contributed by atoms with Crippen LogP contribution in [0, 0.1) is 0 Å². The molecule has 0 spiro atoms. The van der Waals surface area contributed by atoms with Crippen LogP contribution in [0.15, 0.2) is 11.3 Å². The van der Waals surface area contributed by atoms with Gasteiger partial charge in [-0.05, 0) is 12.0 Å². The largest absolute Gasteiger partial charge is 0.461 e. The summed E-state index contributed by atoms with van der Waals surface area (Å²) in [7, 11) is -1.27. The normalized spacial score (nSPS) is 29.1. The first-order valence-corrected chi connectivity index (χ1v) is 8.94. The fourth-order valence-electron chi connectivity index (χ4n) is 2.22. The fraction of sp³-hybridized carbons (Fsp3) is 0.667. The van der Waals surface area contributed by atoms with Crippen molar-refractivity contribution in [3.8, 4) is 0 Å². The number of β-lactam (4-membered cyclic amide) rings is 1. The molecule has 2 heterocycles. The predicted molar refractivity (Wildman–Crippen MR) is 78.3 cm³/mol. The number of alkyl halides is 1. The molecule has 8 heteroatoms. The van der Waals surface area contributed by atoms with Crippen molar-refractivity contribution in [2.75, 3.05) is 17.7 Å². The molecular weight excluding hydrogens is 348 g/mol. The van der Waals surface area contributed by atoms with Crippen molar-refractivity contribution in [3.63, 3.8) is 0 Å². The van der Waals surface area contributed by atoms with Crippen LogP contribution in [0.2, 0.25) is 0 Å². The Morgan fingerprint density at radius 2 is 2.30 bits per heavy atom. The van der Waals surface area contributed by atoms with Gasteiger partial charge in [0.05, 0.1) is 23.2 Å². The molecule has 2 aliphatic heterocycles. The van der Waals surface area contributed by atoms with Gasteiger partial charge in [-0.25, -0.2) is 4.79 Å². The molecule has 0 saturated carbocycles. The maximum atomic E-state index is 12.2. The summed E-state index contributed by atoms with van der Waals surface area (Å²) in [6, 6.07) is -0.786. The molecule has 1 amide bonds. The van der Waals surface area contributed by atoms with Crippen molar-refractivity contribution in [3.05, 3.63) is 11.3 Å². The summed E-state index contributed by atoms with van der Waals surface area (Å²) >= 11 is 3.27. The molecule has 1 unspecified atom stereocenters. The van der Waals surface area contributed by atoms with Crippen molar-refractivity contribution in [2.24, 2.45) is 5.73 Å². The Kier molecular flexibility index (Phi) is 4.98. The van der Waals surface area contributed by atoms with Crippen LogP contribution in [0.1, 0.15) is 19.8 Å². The van der Waals surface area contributed by atoms with Crippen LogP contribution in [0.3, 0.4) is 0 Å². The van der Waals surface area contributed by atoms with Gasteiger partial charge in [-0.15, -0.1) is 0 Å². The van der Waals surface area contributed by atoms with Crippen molar-refractivity contribution in [2.45, 2.75) is 31.2 Å². The highest BCUT2D eigenvalue weighted by Crippen LogP contribution is 2.34. The van der Waals surface area contributed by atoms with E-state index < -0.39 is 28.2 Å². The Balaban J connectivity index is 2.24. The van der Waals surface area contributed by atoms with Crippen LogP contribution in [0.5, 0.6) is 0 Å². The molecule has 2 aliphatic rings. The first-order chi connectivity index (χ1) is 9.52. The van der Waals surface area contributed by atoms with E-state index >= 15 is 0 Å². The average Bonchev–Trinajstić information content (AvgIpc) is 2.45. The Morgan fingerprint density at radius 3 is 2.90 bits per heavy atom. The van der Waals surface area contributed by atoms with E-state index in [0.29, 0.717) is 17.5 Å². The van der Waals surface area contributed by atoms with Gasteiger partial charge in [0.1, 0.15) is 17.1 Å². The van der Waals surface area contributed by atoms with Crippen molar-refractivity contribution < 1.29 is 18.5 Å². The average molecular weight is 365 g/mol. The molecule has 0 radical (unpaired) electrons. The summed E-state index contributed by atoms with van der Waals surface area (Å²) in [6.45, 7) is 2.31. The number of unbranched alkanes of at least 4 members (excludes halogenated alkanes) is 1. The molecule has 2 N–H and O–H groups in total. The molecule has 112 valence electrons. The lowest BCUT2D eigenvalue weighted by Gasteiger charge is -2.47. The number of ether oxygens (including phenoxy) is 1. The molecule has 0 aromatic heterocycles. The number of hydrogen-bond donors (Lipinski definition) is 1. The van der Waals surface area contributed by atoms with Crippen LogP contribution in [0.25, 0.3) is 0 Å². The number of esters is 1. The predicted octanol–water partition coefficient (Wildman–Crippen LogP) is 0.237. The first-order valence-electron chi connectivity index (χ1n) is 6.43. The maximum Gasteiger partial charge on any atom is 0.355 e. The standard InChI is InChI=1S/C12H17BrN2O4S/c1-2-3-4-19-12(17)9-7(5-13)6-20(18)11-8(14)10(16)15(9)11/h8,11H,2-6,14H2,1H3/t8-,11-,20?/m1/s1. The second-order valence-corrected chi connectivity index (χ2v) is 6.82. The Hall–Kier alpha value is -0.730. The van der Waals surface area contributed by atoms with E-state index in [1.807, 2.05) is 6.92 Å². The number of nitrogens with two attached hydrogens (primary N) is 1. The van der Waals surface area contributed by atoms with Crippen LogP contribution in [0.4, 0.5) is 0 Å². The van der Waals surface area contributed by atoms with E-state index in [4.69, 9.17) is 10.5 Å². The van der Waals surface area contributed by atoms with E-state index in [1.165, 1.54) is 4.90 Å². The number of halogens is 1. The van der Waals surface area contributed by atoms with E-state index in [9.17, 15) is 13.8 Å². The summed E-state index contributed by atoms with van der Waals surface area (Å²) in [5, 5.41) is -0.220. The van der Waals surface area contributed by atoms with Crippen LogP contribution in [-0.4, -0.2) is 50.1 Å². The third kappa shape index (κ3) is 2.56. The molecule has 3 atom stereocenters. The number of fused-ring (bicyclic) bond motifs is 1. The van der Waals surface area contributed by atoms with Gasteiger partial charge < -0.3 is 10.5 Å². The van der Waals surface area contributed by atoms with Crippen LogP contribution >= 0.6 is 15.9 Å². The van der Waals surface area contributed by atoms with Gasteiger partial charge in [0.2, 0.25) is 5.91 Å².